The normalized spacial score (nSPS) is 12.4. The first kappa shape index (κ1) is 13.8. The summed E-state index contributed by atoms with van der Waals surface area (Å²) >= 11 is 0. The topological polar surface area (TPSA) is 26.0 Å². The molecule has 1 atom stereocenters. The van der Waals surface area contributed by atoms with Gasteiger partial charge in [0.1, 0.15) is 5.82 Å². The van der Waals surface area contributed by atoms with Crippen LogP contribution in [0.5, 0.6) is 0 Å². The first-order valence-corrected chi connectivity index (χ1v) is 6.63. The van der Waals surface area contributed by atoms with Crippen LogP contribution in [0.1, 0.15) is 34.7 Å². The lowest BCUT2D eigenvalue weighted by atomic mass is 9.98. The minimum absolute atomic E-state index is 0.115. The SMILES string of the molecule is Cc1ccc(CCC(N)c2cc(C)cc(F)c2)cc1. The molecular weight excluding hydrogens is 237 g/mol. The highest BCUT2D eigenvalue weighted by Crippen LogP contribution is 2.19. The molecule has 2 rings (SSSR count). The van der Waals surface area contributed by atoms with E-state index in [1.54, 1.807) is 0 Å². The fraction of sp³-hybridized carbons (Fsp3) is 0.294. The van der Waals surface area contributed by atoms with Crippen molar-refractivity contribution in [1.82, 2.24) is 0 Å². The maximum Gasteiger partial charge on any atom is 0.123 e. The van der Waals surface area contributed by atoms with Gasteiger partial charge in [-0.05, 0) is 55.5 Å². The average molecular weight is 257 g/mol. The van der Waals surface area contributed by atoms with E-state index in [1.807, 2.05) is 13.0 Å². The van der Waals surface area contributed by atoms with Crippen LogP contribution in [0.3, 0.4) is 0 Å². The van der Waals surface area contributed by atoms with Gasteiger partial charge in [-0.25, -0.2) is 4.39 Å². The van der Waals surface area contributed by atoms with Crippen molar-refractivity contribution >= 4 is 0 Å². The molecule has 0 aliphatic rings. The molecule has 0 aliphatic heterocycles. The molecule has 0 aromatic heterocycles. The van der Waals surface area contributed by atoms with Gasteiger partial charge >= 0.3 is 0 Å². The zero-order valence-electron chi connectivity index (χ0n) is 11.5. The lowest BCUT2D eigenvalue weighted by Gasteiger charge is -2.13. The van der Waals surface area contributed by atoms with E-state index in [9.17, 15) is 4.39 Å². The Kier molecular flexibility index (Phi) is 4.33. The maximum atomic E-state index is 13.3. The predicted molar refractivity (Wildman–Crippen MR) is 77.6 cm³/mol. The number of halogens is 1. The second kappa shape index (κ2) is 5.98. The van der Waals surface area contributed by atoms with Crippen molar-refractivity contribution in [3.63, 3.8) is 0 Å². The molecule has 2 N–H and O–H groups in total. The van der Waals surface area contributed by atoms with E-state index < -0.39 is 0 Å². The summed E-state index contributed by atoms with van der Waals surface area (Å²) in [5, 5.41) is 0. The molecule has 2 aromatic carbocycles. The molecule has 19 heavy (non-hydrogen) atoms. The summed E-state index contributed by atoms with van der Waals surface area (Å²) in [7, 11) is 0. The van der Waals surface area contributed by atoms with E-state index in [4.69, 9.17) is 5.73 Å². The quantitative estimate of drug-likeness (QED) is 0.877. The van der Waals surface area contributed by atoms with E-state index >= 15 is 0 Å². The fourth-order valence-corrected chi connectivity index (χ4v) is 2.22. The van der Waals surface area contributed by atoms with Crippen LogP contribution in [0.2, 0.25) is 0 Å². The molecule has 1 unspecified atom stereocenters. The second-order valence-electron chi connectivity index (χ2n) is 5.19. The molecule has 0 saturated heterocycles. The smallest absolute Gasteiger partial charge is 0.123 e. The van der Waals surface area contributed by atoms with Gasteiger partial charge in [-0.1, -0.05) is 35.9 Å². The second-order valence-corrected chi connectivity index (χ2v) is 5.19. The van der Waals surface area contributed by atoms with E-state index in [1.165, 1.54) is 23.3 Å². The summed E-state index contributed by atoms with van der Waals surface area (Å²) in [5.74, 6) is -0.208. The van der Waals surface area contributed by atoms with Crippen molar-refractivity contribution in [1.29, 1.82) is 0 Å². The van der Waals surface area contributed by atoms with E-state index in [0.717, 1.165) is 24.0 Å². The standard InChI is InChI=1S/C17H20FN/c1-12-3-5-14(6-4-12)7-8-17(19)15-9-13(2)10-16(18)11-15/h3-6,9-11,17H,7-8,19H2,1-2H3. The number of hydrogen-bond acceptors (Lipinski definition) is 1. The molecule has 0 fully saturated rings. The molecule has 2 aromatic rings. The average Bonchev–Trinajstić information content (AvgIpc) is 2.36. The zero-order valence-corrected chi connectivity index (χ0v) is 11.5. The molecule has 0 heterocycles. The first-order chi connectivity index (χ1) is 9.04. The van der Waals surface area contributed by atoms with Crippen LogP contribution in [0.15, 0.2) is 42.5 Å². The molecule has 2 heteroatoms. The maximum absolute atomic E-state index is 13.3. The van der Waals surface area contributed by atoms with Gasteiger partial charge in [-0.3, -0.25) is 0 Å². The molecule has 1 nitrogen and oxygen atoms in total. The van der Waals surface area contributed by atoms with Gasteiger partial charge in [0.05, 0.1) is 0 Å². The third kappa shape index (κ3) is 3.90. The van der Waals surface area contributed by atoms with E-state index in [0.29, 0.717) is 0 Å². The van der Waals surface area contributed by atoms with Crippen LogP contribution in [-0.4, -0.2) is 0 Å². The Hall–Kier alpha value is -1.67. The van der Waals surface area contributed by atoms with Crippen molar-refractivity contribution < 1.29 is 4.39 Å². The third-order valence-electron chi connectivity index (χ3n) is 3.36. The number of hydrogen-bond donors (Lipinski definition) is 1. The molecule has 0 amide bonds. The highest BCUT2D eigenvalue weighted by molar-refractivity contribution is 5.27. The summed E-state index contributed by atoms with van der Waals surface area (Å²) in [6, 6.07) is 13.4. The largest absolute Gasteiger partial charge is 0.324 e. The first-order valence-electron chi connectivity index (χ1n) is 6.63. The Morgan fingerprint density at radius 1 is 1.00 bits per heavy atom. The molecular formula is C17H20FN. The van der Waals surface area contributed by atoms with Crippen LogP contribution in [0.4, 0.5) is 4.39 Å². The van der Waals surface area contributed by atoms with Crippen LogP contribution < -0.4 is 5.73 Å². The monoisotopic (exact) mass is 257 g/mol. The zero-order chi connectivity index (χ0) is 13.8. The van der Waals surface area contributed by atoms with Crippen molar-refractivity contribution in [2.45, 2.75) is 32.7 Å². The van der Waals surface area contributed by atoms with Gasteiger partial charge in [0.2, 0.25) is 0 Å². The Morgan fingerprint density at radius 2 is 1.68 bits per heavy atom. The number of nitrogens with two attached hydrogens (primary N) is 1. The number of aryl methyl sites for hydroxylation is 3. The van der Waals surface area contributed by atoms with Crippen LogP contribution in [0, 0.1) is 19.7 Å². The van der Waals surface area contributed by atoms with Gasteiger partial charge in [0.25, 0.3) is 0 Å². The number of rotatable bonds is 4. The minimum Gasteiger partial charge on any atom is -0.324 e. The molecule has 0 bridgehead atoms. The highest BCUT2D eigenvalue weighted by atomic mass is 19.1. The lowest BCUT2D eigenvalue weighted by molar-refractivity contribution is 0.607. The Morgan fingerprint density at radius 3 is 2.32 bits per heavy atom. The van der Waals surface area contributed by atoms with Crippen molar-refractivity contribution in [2.24, 2.45) is 5.73 Å². The molecule has 100 valence electrons. The van der Waals surface area contributed by atoms with E-state index in [-0.39, 0.29) is 11.9 Å². The number of benzene rings is 2. The van der Waals surface area contributed by atoms with Gasteiger partial charge in [0, 0.05) is 6.04 Å². The highest BCUT2D eigenvalue weighted by Gasteiger charge is 2.08. The fourth-order valence-electron chi connectivity index (χ4n) is 2.22. The summed E-state index contributed by atoms with van der Waals surface area (Å²) in [6.45, 7) is 3.96. The molecule has 0 radical (unpaired) electrons. The molecule has 0 spiro atoms. The van der Waals surface area contributed by atoms with Crippen molar-refractivity contribution in [2.75, 3.05) is 0 Å². The molecule has 0 saturated carbocycles. The minimum atomic E-state index is -0.208. The summed E-state index contributed by atoms with van der Waals surface area (Å²) in [5.41, 5.74) is 10.5. The van der Waals surface area contributed by atoms with Crippen molar-refractivity contribution in [3.05, 3.63) is 70.5 Å². The van der Waals surface area contributed by atoms with Crippen molar-refractivity contribution in [3.8, 4) is 0 Å². The van der Waals surface area contributed by atoms with Crippen LogP contribution >= 0.6 is 0 Å². The van der Waals surface area contributed by atoms with Crippen LogP contribution in [0.25, 0.3) is 0 Å². The van der Waals surface area contributed by atoms with Gasteiger partial charge in [0.15, 0.2) is 0 Å². The van der Waals surface area contributed by atoms with Gasteiger partial charge in [-0.2, -0.15) is 0 Å². The lowest BCUT2D eigenvalue weighted by Crippen LogP contribution is -2.12. The van der Waals surface area contributed by atoms with Gasteiger partial charge in [-0.15, -0.1) is 0 Å². The molecule has 0 aliphatic carbocycles. The Balaban J connectivity index is 2.00. The third-order valence-corrected chi connectivity index (χ3v) is 3.36. The van der Waals surface area contributed by atoms with Crippen LogP contribution in [-0.2, 0) is 6.42 Å². The summed E-state index contributed by atoms with van der Waals surface area (Å²) < 4.78 is 13.3. The summed E-state index contributed by atoms with van der Waals surface area (Å²) in [4.78, 5) is 0. The Labute approximate surface area is 114 Å². The predicted octanol–water partition coefficient (Wildman–Crippen LogP) is 4.08. The Bertz CT molecular complexity index is 525. The van der Waals surface area contributed by atoms with Gasteiger partial charge < -0.3 is 5.73 Å². The summed E-state index contributed by atoms with van der Waals surface area (Å²) in [6.07, 6.45) is 1.74. The van der Waals surface area contributed by atoms with E-state index in [2.05, 4.69) is 31.2 Å².